The molecule has 0 saturated heterocycles. The summed E-state index contributed by atoms with van der Waals surface area (Å²) in [4.78, 5) is 18.4. The van der Waals surface area contributed by atoms with Gasteiger partial charge in [-0.3, -0.25) is 15.6 Å². The molecule has 110 valence electrons. The van der Waals surface area contributed by atoms with Gasteiger partial charge in [0.25, 0.3) is 5.91 Å². The van der Waals surface area contributed by atoms with E-state index in [0.29, 0.717) is 22.7 Å². The molecule has 1 amide bonds. The van der Waals surface area contributed by atoms with Crippen molar-refractivity contribution in [2.24, 2.45) is 11.3 Å². The fourth-order valence-electron chi connectivity index (χ4n) is 2.82. The molecule has 2 rings (SSSR count). The number of nitrogens with two attached hydrogens (primary N) is 1. The van der Waals surface area contributed by atoms with E-state index < -0.39 is 0 Å². The van der Waals surface area contributed by atoms with Crippen molar-refractivity contribution in [3.05, 3.63) is 24.0 Å². The highest BCUT2D eigenvalue weighted by molar-refractivity contribution is 5.99. The van der Waals surface area contributed by atoms with Gasteiger partial charge in [0.1, 0.15) is 0 Å². The molecule has 0 radical (unpaired) electrons. The van der Waals surface area contributed by atoms with Crippen LogP contribution >= 0.6 is 0 Å². The lowest BCUT2D eigenvalue weighted by Gasteiger charge is -2.38. The lowest BCUT2D eigenvalue weighted by molar-refractivity contribution is 0.0636. The van der Waals surface area contributed by atoms with Crippen molar-refractivity contribution in [3.63, 3.8) is 0 Å². The van der Waals surface area contributed by atoms with Gasteiger partial charge in [0.15, 0.2) is 0 Å². The minimum atomic E-state index is -0.0178. The van der Waals surface area contributed by atoms with Crippen molar-refractivity contribution in [2.45, 2.75) is 45.6 Å². The number of nitrogens with one attached hydrogen (secondary N) is 1. The Kier molecular flexibility index (Phi) is 4.28. The maximum absolute atomic E-state index is 12.6. The van der Waals surface area contributed by atoms with E-state index in [-0.39, 0.29) is 5.91 Å². The van der Waals surface area contributed by atoms with Gasteiger partial charge in [-0.25, -0.2) is 0 Å². The van der Waals surface area contributed by atoms with Crippen molar-refractivity contribution in [1.29, 1.82) is 0 Å². The number of carbonyl (C=O) groups is 1. The molecule has 1 aliphatic rings. The molecule has 0 atom stereocenters. The maximum Gasteiger partial charge on any atom is 0.257 e. The number of rotatable bonds is 3. The number of hydrogen-bond acceptors (Lipinski definition) is 4. The molecule has 0 spiro atoms. The van der Waals surface area contributed by atoms with E-state index in [1.165, 1.54) is 0 Å². The molecule has 0 unspecified atom stereocenters. The first-order valence-corrected chi connectivity index (χ1v) is 7.12. The topological polar surface area (TPSA) is 71.2 Å². The smallest absolute Gasteiger partial charge is 0.257 e. The average Bonchev–Trinajstić information content (AvgIpc) is 2.45. The minimum absolute atomic E-state index is 0.0178. The van der Waals surface area contributed by atoms with Crippen molar-refractivity contribution in [1.82, 2.24) is 9.88 Å². The van der Waals surface area contributed by atoms with E-state index in [0.717, 1.165) is 25.7 Å². The molecular weight excluding hydrogens is 252 g/mol. The molecule has 1 aromatic rings. The molecule has 1 heterocycles. The van der Waals surface area contributed by atoms with Crippen molar-refractivity contribution < 1.29 is 4.79 Å². The van der Waals surface area contributed by atoms with Crippen LogP contribution in [0.25, 0.3) is 0 Å². The highest BCUT2D eigenvalue weighted by Crippen LogP contribution is 2.37. The van der Waals surface area contributed by atoms with Crippen molar-refractivity contribution in [3.8, 4) is 0 Å². The Morgan fingerprint density at radius 1 is 1.45 bits per heavy atom. The van der Waals surface area contributed by atoms with Crippen LogP contribution in [0, 0.1) is 5.41 Å². The second-order valence-corrected chi connectivity index (χ2v) is 6.38. The van der Waals surface area contributed by atoms with Gasteiger partial charge < -0.3 is 10.3 Å². The van der Waals surface area contributed by atoms with E-state index in [2.05, 4.69) is 24.3 Å². The highest BCUT2D eigenvalue weighted by atomic mass is 16.2. The van der Waals surface area contributed by atoms with E-state index in [9.17, 15) is 4.79 Å². The molecule has 3 N–H and O–H groups in total. The Morgan fingerprint density at radius 3 is 2.70 bits per heavy atom. The molecule has 20 heavy (non-hydrogen) atoms. The molecule has 1 saturated carbocycles. The standard InChI is InChI=1S/C15H24N4O/c1-15(2)7-4-11(5-8-15)19(3)14(20)12-10-17-9-6-13(12)18-16/h6,9-11H,4-5,7-8,16H2,1-3H3,(H,17,18). The molecule has 0 aromatic carbocycles. The zero-order valence-electron chi connectivity index (χ0n) is 12.5. The summed E-state index contributed by atoms with van der Waals surface area (Å²) in [6.07, 6.45) is 7.62. The number of amides is 1. The number of nitrogen functional groups attached to an aromatic ring is 1. The van der Waals surface area contributed by atoms with Crippen LogP contribution in [0.5, 0.6) is 0 Å². The van der Waals surface area contributed by atoms with Crippen LogP contribution in [0.1, 0.15) is 49.9 Å². The molecule has 1 aliphatic carbocycles. The van der Waals surface area contributed by atoms with Crippen LogP contribution in [0.15, 0.2) is 18.5 Å². The van der Waals surface area contributed by atoms with E-state index in [1.54, 1.807) is 18.5 Å². The third-order valence-corrected chi connectivity index (χ3v) is 4.38. The summed E-state index contributed by atoms with van der Waals surface area (Å²) in [6, 6.07) is 2.02. The van der Waals surface area contributed by atoms with Gasteiger partial charge in [-0.15, -0.1) is 0 Å². The first kappa shape index (κ1) is 14.8. The third kappa shape index (κ3) is 3.10. The normalized spacial score (nSPS) is 18.6. The first-order valence-electron chi connectivity index (χ1n) is 7.12. The van der Waals surface area contributed by atoms with Gasteiger partial charge in [-0.1, -0.05) is 13.8 Å². The number of carbonyl (C=O) groups excluding carboxylic acids is 1. The number of pyridine rings is 1. The van der Waals surface area contributed by atoms with Gasteiger partial charge in [-0.05, 0) is 37.2 Å². The Balaban J connectivity index is 2.09. The summed E-state index contributed by atoms with van der Waals surface area (Å²) in [5, 5.41) is 0. The Morgan fingerprint density at radius 2 is 2.10 bits per heavy atom. The molecular formula is C15H24N4O. The van der Waals surface area contributed by atoms with Crippen LogP contribution in [0.4, 0.5) is 5.69 Å². The van der Waals surface area contributed by atoms with E-state index in [1.807, 2.05) is 11.9 Å². The van der Waals surface area contributed by atoms with Gasteiger partial charge in [-0.2, -0.15) is 0 Å². The Hall–Kier alpha value is -1.62. The predicted octanol–water partition coefficient (Wildman–Crippen LogP) is 2.41. The third-order valence-electron chi connectivity index (χ3n) is 4.38. The Labute approximate surface area is 120 Å². The summed E-state index contributed by atoms with van der Waals surface area (Å²) in [7, 11) is 1.87. The molecule has 5 nitrogen and oxygen atoms in total. The van der Waals surface area contributed by atoms with Crippen LogP contribution in [0.3, 0.4) is 0 Å². The number of hydrogen-bond donors (Lipinski definition) is 2. The number of anilines is 1. The van der Waals surface area contributed by atoms with Crippen LogP contribution < -0.4 is 11.3 Å². The Bertz CT molecular complexity index is 477. The first-order chi connectivity index (χ1) is 9.44. The SMILES string of the molecule is CN(C(=O)c1cnccc1NN)C1CCC(C)(C)CC1. The number of hydrazine groups is 1. The average molecular weight is 276 g/mol. The van der Waals surface area contributed by atoms with Gasteiger partial charge >= 0.3 is 0 Å². The van der Waals surface area contributed by atoms with E-state index in [4.69, 9.17) is 5.84 Å². The fourth-order valence-corrected chi connectivity index (χ4v) is 2.82. The lowest BCUT2D eigenvalue weighted by atomic mass is 9.75. The van der Waals surface area contributed by atoms with Crippen LogP contribution in [-0.2, 0) is 0 Å². The summed E-state index contributed by atoms with van der Waals surface area (Å²) >= 11 is 0. The number of nitrogens with zero attached hydrogens (tertiary/aromatic N) is 2. The van der Waals surface area contributed by atoms with Crippen molar-refractivity contribution >= 4 is 11.6 Å². The van der Waals surface area contributed by atoms with Gasteiger partial charge in [0.05, 0.1) is 11.3 Å². The fraction of sp³-hybridized carbons (Fsp3) is 0.600. The molecule has 0 aliphatic heterocycles. The maximum atomic E-state index is 12.6. The second kappa shape index (κ2) is 5.79. The van der Waals surface area contributed by atoms with Crippen LogP contribution in [0.2, 0.25) is 0 Å². The predicted molar refractivity (Wildman–Crippen MR) is 80.2 cm³/mol. The number of aromatic nitrogens is 1. The quantitative estimate of drug-likeness (QED) is 0.657. The monoisotopic (exact) mass is 276 g/mol. The summed E-state index contributed by atoms with van der Waals surface area (Å²) in [5.41, 5.74) is 4.11. The summed E-state index contributed by atoms with van der Waals surface area (Å²) in [6.45, 7) is 4.59. The second-order valence-electron chi connectivity index (χ2n) is 6.38. The van der Waals surface area contributed by atoms with Gasteiger partial charge in [0.2, 0.25) is 0 Å². The molecule has 0 bridgehead atoms. The zero-order chi connectivity index (χ0) is 14.8. The largest absolute Gasteiger partial charge is 0.339 e. The lowest BCUT2D eigenvalue weighted by Crippen LogP contribution is -2.41. The summed E-state index contributed by atoms with van der Waals surface area (Å²) < 4.78 is 0. The van der Waals surface area contributed by atoms with E-state index >= 15 is 0 Å². The minimum Gasteiger partial charge on any atom is -0.339 e. The van der Waals surface area contributed by atoms with Crippen LogP contribution in [-0.4, -0.2) is 28.9 Å². The molecule has 1 fully saturated rings. The highest BCUT2D eigenvalue weighted by Gasteiger charge is 2.31. The molecule has 5 heteroatoms. The zero-order valence-corrected chi connectivity index (χ0v) is 12.5. The van der Waals surface area contributed by atoms with Crippen molar-refractivity contribution in [2.75, 3.05) is 12.5 Å². The summed E-state index contributed by atoms with van der Waals surface area (Å²) in [5.74, 6) is 5.44. The molecule has 1 aromatic heterocycles. The van der Waals surface area contributed by atoms with Gasteiger partial charge in [0, 0.05) is 25.5 Å².